The highest BCUT2D eigenvalue weighted by Gasteiger charge is 2.11. The summed E-state index contributed by atoms with van der Waals surface area (Å²) in [7, 11) is 0. The first-order chi connectivity index (χ1) is 7.54. The smallest absolute Gasteiger partial charge is 0.292 e. The summed E-state index contributed by atoms with van der Waals surface area (Å²) < 4.78 is 0. The Balaban J connectivity index is 2.77. The van der Waals surface area contributed by atoms with E-state index in [0.29, 0.717) is 12.1 Å². The predicted octanol–water partition coefficient (Wildman–Crippen LogP) is 1.36. The lowest BCUT2D eigenvalue weighted by molar-refractivity contribution is -0.383. The molecular formula is C10H15N3O3. The van der Waals surface area contributed by atoms with Crippen LogP contribution in [-0.4, -0.2) is 22.7 Å². The average Bonchev–Trinajstić information content (AvgIpc) is 2.17. The molecule has 0 fully saturated rings. The molecule has 1 aromatic carbocycles. The van der Waals surface area contributed by atoms with Gasteiger partial charge >= 0.3 is 0 Å². The summed E-state index contributed by atoms with van der Waals surface area (Å²) in [6.45, 7) is 2.00. The van der Waals surface area contributed by atoms with Crippen molar-refractivity contribution in [1.29, 1.82) is 0 Å². The van der Waals surface area contributed by atoms with Gasteiger partial charge in [-0.05, 0) is 25.5 Å². The zero-order valence-corrected chi connectivity index (χ0v) is 9.01. The first kappa shape index (κ1) is 12.3. The topological polar surface area (TPSA) is 101 Å². The Morgan fingerprint density at radius 2 is 2.31 bits per heavy atom. The highest BCUT2D eigenvalue weighted by Crippen LogP contribution is 2.25. The second kappa shape index (κ2) is 5.32. The van der Waals surface area contributed by atoms with Gasteiger partial charge in [-0.1, -0.05) is 0 Å². The number of nitrogens with zero attached hydrogens (tertiary/aromatic N) is 1. The molecule has 0 aliphatic heterocycles. The van der Waals surface area contributed by atoms with Crippen LogP contribution in [-0.2, 0) is 0 Å². The van der Waals surface area contributed by atoms with Gasteiger partial charge in [-0.3, -0.25) is 10.1 Å². The molecule has 1 rings (SSSR count). The molecule has 0 spiro atoms. The number of nitro groups is 1. The Morgan fingerprint density at radius 1 is 1.62 bits per heavy atom. The molecule has 0 amide bonds. The first-order valence-electron chi connectivity index (χ1n) is 4.96. The van der Waals surface area contributed by atoms with Crippen LogP contribution in [0, 0.1) is 10.1 Å². The highest BCUT2D eigenvalue weighted by molar-refractivity contribution is 5.65. The van der Waals surface area contributed by atoms with E-state index in [9.17, 15) is 10.1 Å². The van der Waals surface area contributed by atoms with E-state index < -0.39 is 4.92 Å². The van der Waals surface area contributed by atoms with E-state index in [2.05, 4.69) is 5.32 Å². The Labute approximate surface area is 93.2 Å². The summed E-state index contributed by atoms with van der Waals surface area (Å²) in [6.07, 6.45) is 0.608. The van der Waals surface area contributed by atoms with Crippen LogP contribution >= 0.6 is 0 Å². The maximum Gasteiger partial charge on any atom is 0.292 e. The number of nitro benzene ring substituents is 1. The third kappa shape index (κ3) is 3.09. The van der Waals surface area contributed by atoms with Crippen molar-refractivity contribution in [3.8, 4) is 0 Å². The molecule has 0 aromatic heterocycles. The highest BCUT2D eigenvalue weighted by atomic mass is 16.6. The van der Waals surface area contributed by atoms with Crippen LogP contribution in [0.4, 0.5) is 17.1 Å². The maximum atomic E-state index is 10.5. The van der Waals surface area contributed by atoms with Crippen molar-refractivity contribution in [2.45, 2.75) is 19.4 Å². The number of hydrogen-bond donors (Lipinski definition) is 3. The lowest BCUT2D eigenvalue weighted by Crippen LogP contribution is -2.16. The molecule has 1 atom stereocenters. The first-order valence-corrected chi connectivity index (χ1v) is 4.96. The van der Waals surface area contributed by atoms with Gasteiger partial charge in [0.05, 0.1) is 4.92 Å². The van der Waals surface area contributed by atoms with Crippen LogP contribution in [0.5, 0.6) is 0 Å². The van der Waals surface area contributed by atoms with Gasteiger partial charge in [0.2, 0.25) is 0 Å². The monoisotopic (exact) mass is 225 g/mol. The van der Waals surface area contributed by atoms with Gasteiger partial charge in [0.15, 0.2) is 0 Å². The van der Waals surface area contributed by atoms with Crippen LogP contribution < -0.4 is 11.1 Å². The summed E-state index contributed by atoms with van der Waals surface area (Å²) in [5.74, 6) is 0. The van der Waals surface area contributed by atoms with Crippen molar-refractivity contribution in [2.24, 2.45) is 0 Å². The third-order valence-corrected chi connectivity index (χ3v) is 2.20. The van der Waals surface area contributed by atoms with E-state index in [1.54, 1.807) is 6.07 Å². The minimum Gasteiger partial charge on any atom is -0.396 e. The number of benzene rings is 1. The number of nitrogens with one attached hydrogen (secondary N) is 1. The Hall–Kier alpha value is -1.82. The zero-order valence-electron chi connectivity index (χ0n) is 9.01. The number of nitrogen functional groups attached to an aromatic ring is 1. The normalized spacial score (nSPS) is 12.1. The summed E-state index contributed by atoms with van der Waals surface area (Å²) in [5.41, 5.74) is 6.29. The molecule has 0 bridgehead atoms. The molecule has 0 aliphatic carbocycles. The summed E-state index contributed by atoms with van der Waals surface area (Å²) >= 11 is 0. The van der Waals surface area contributed by atoms with E-state index in [1.807, 2.05) is 6.92 Å². The average molecular weight is 225 g/mol. The Bertz CT molecular complexity index is 382. The Kier molecular flexibility index (Phi) is 4.07. The second-order valence-corrected chi connectivity index (χ2v) is 3.59. The minimum atomic E-state index is -0.518. The molecule has 4 N–H and O–H groups in total. The van der Waals surface area contributed by atoms with Crippen LogP contribution in [0.3, 0.4) is 0 Å². The quantitative estimate of drug-likeness (QED) is 0.399. The van der Waals surface area contributed by atoms with Crippen LogP contribution in [0.15, 0.2) is 18.2 Å². The van der Waals surface area contributed by atoms with Crippen LogP contribution in [0.1, 0.15) is 13.3 Å². The van der Waals surface area contributed by atoms with Gasteiger partial charge < -0.3 is 16.2 Å². The van der Waals surface area contributed by atoms with Crippen molar-refractivity contribution in [3.63, 3.8) is 0 Å². The molecule has 6 heteroatoms. The predicted molar refractivity (Wildman–Crippen MR) is 62.3 cm³/mol. The third-order valence-electron chi connectivity index (χ3n) is 2.20. The largest absolute Gasteiger partial charge is 0.396 e. The second-order valence-electron chi connectivity index (χ2n) is 3.59. The number of hydrogen-bond acceptors (Lipinski definition) is 5. The fourth-order valence-electron chi connectivity index (χ4n) is 1.36. The number of nitrogens with two attached hydrogens (primary N) is 1. The number of anilines is 2. The van der Waals surface area contributed by atoms with E-state index in [4.69, 9.17) is 10.8 Å². The van der Waals surface area contributed by atoms with Crippen molar-refractivity contribution in [1.82, 2.24) is 0 Å². The fourth-order valence-corrected chi connectivity index (χ4v) is 1.36. The molecule has 0 aliphatic rings. The molecular weight excluding hydrogens is 210 g/mol. The maximum absolute atomic E-state index is 10.5. The number of rotatable bonds is 5. The van der Waals surface area contributed by atoms with Crippen molar-refractivity contribution < 1.29 is 10.0 Å². The van der Waals surface area contributed by atoms with Crippen LogP contribution in [0.2, 0.25) is 0 Å². The number of aliphatic hydroxyl groups is 1. The van der Waals surface area contributed by atoms with Gasteiger partial charge in [0.1, 0.15) is 5.69 Å². The molecule has 0 radical (unpaired) electrons. The molecule has 0 saturated carbocycles. The summed E-state index contributed by atoms with van der Waals surface area (Å²) in [5, 5.41) is 22.3. The van der Waals surface area contributed by atoms with Crippen molar-refractivity contribution >= 4 is 17.1 Å². The number of aliphatic hydroxyl groups excluding tert-OH is 1. The molecule has 88 valence electrons. The van der Waals surface area contributed by atoms with Gasteiger partial charge in [0.25, 0.3) is 5.69 Å². The van der Waals surface area contributed by atoms with Crippen LogP contribution in [0.25, 0.3) is 0 Å². The van der Waals surface area contributed by atoms with Gasteiger partial charge in [-0.15, -0.1) is 0 Å². The van der Waals surface area contributed by atoms with E-state index in [0.717, 1.165) is 0 Å². The zero-order chi connectivity index (χ0) is 12.1. The molecule has 1 unspecified atom stereocenters. The van der Waals surface area contributed by atoms with Crippen molar-refractivity contribution in [3.05, 3.63) is 28.3 Å². The van der Waals surface area contributed by atoms with Crippen molar-refractivity contribution in [2.75, 3.05) is 17.7 Å². The standard InChI is InChI=1S/C10H15N3O3/c1-7(4-5-14)12-8-2-3-10(13(15)16)9(11)6-8/h2-3,6-7,12,14H,4-5,11H2,1H3. The summed E-state index contributed by atoms with van der Waals surface area (Å²) in [4.78, 5) is 10.0. The molecule has 16 heavy (non-hydrogen) atoms. The lowest BCUT2D eigenvalue weighted by atomic mass is 10.2. The fraction of sp³-hybridized carbons (Fsp3) is 0.400. The van der Waals surface area contributed by atoms with E-state index in [1.165, 1.54) is 12.1 Å². The minimum absolute atomic E-state index is 0.0888. The van der Waals surface area contributed by atoms with E-state index in [-0.39, 0.29) is 24.0 Å². The SMILES string of the molecule is CC(CCO)Nc1ccc([N+](=O)[O-])c(N)c1. The van der Waals surface area contributed by atoms with Gasteiger partial charge in [-0.2, -0.15) is 0 Å². The summed E-state index contributed by atoms with van der Waals surface area (Å²) in [6, 6.07) is 4.57. The molecule has 1 aromatic rings. The van der Waals surface area contributed by atoms with E-state index >= 15 is 0 Å². The lowest BCUT2D eigenvalue weighted by Gasteiger charge is -2.14. The molecule has 0 heterocycles. The van der Waals surface area contributed by atoms with Gasteiger partial charge in [0, 0.05) is 24.4 Å². The Morgan fingerprint density at radius 3 is 2.81 bits per heavy atom. The molecule has 0 saturated heterocycles. The van der Waals surface area contributed by atoms with Gasteiger partial charge in [-0.25, -0.2) is 0 Å². The molecule has 6 nitrogen and oxygen atoms in total.